The number of hydrogen-bond acceptors (Lipinski definition) is 5. The standard InChI is InChI=1S/C15H21N3O2S2/c1-21-12-4-8-22-14(12)15(20)17-6-2-3-11(10-17)18-7-5-16-9-13(18)19/h4,8,11,16H,2-3,5-7,9-10H2,1H3. The van der Waals surface area contributed by atoms with Crippen molar-refractivity contribution < 1.29 is 9.59 Å². The Bertz CT molecular complexity index is 561. The maximum atomic E-state index is 12.8. The van der Waals surface area contributed by atoms with Gasteiger partial charge in [-0.05, 0) is 30.5 Å². The van der Waals surface area contributed by atoms with Crippen LogP contribution in [0.5, 0.6) is 0 Å². The molecule has 3 heterocycles. The summed E-state index contributed by atoms with van der Waals surface area (Å²) in [7, 11) is 0. The summed E-state index contributed by atoms with van der Waals surface area (Å²) < 4.78 is 0. The van der Waals surface area contributed by atoms with Crippen LogP contribution in [0, 0.1) is 0 Å². The second kappa shape index (κ2) is 7.02. The molecule has 7 heteroatoms. The largest absolute Gasteiger partial charge is 0.336 e. The van der Waals surface area contributed by atoms with Crippen LogP contribution in [0.1, 0.15) is 22.5 Å². The van der Waals surface area contributed by atoms with Crippen LogP contribution in [0.25, 0.3) is 0 Å². The summed E-state index contributed by atoms with van der Waals surface area (Å²) >= 11 is 3.12. The van der Waals surface area contributed by atoms with Gasteiger partial charge in [0.1, 0.15) is 4.88 Å². The number of nitrogens with one attached hydrogen (secondary N) is 1. The fraction of sp³-hybridized carbons (Fsp3) is 0.600. The van der Waals surface area contributed by atoms with Crippen LogP contribution >= 0.6 is 23.1 Å². The lowest BCUT2D eigenvalue weighted by Crippen LogP contribution is -2.57. The van der Waals surface area contributed by atoms with Gasteiger partial charge in [0.2, 0.25) is 5.91 Å². The van der Waals surface area contributed by atoms with Gasteiger partial charge in [-0.25, -0.2) is 0 Å². The predicted octanol–water partition coefficient (Wildman–Crippen LogP) is 1.51. The topological polar surface area (TPSA) is 52.7 Å². The third kappa shape index (κ3) is 3.16. The van der Waals surface area contributed by atoms with E-state index in [9.17, 15) is 9.59 Å². The van der Waals surface area contributed by atoms with Crippen molar-refractivity contribution >= 4 is 34.9 Å². The van der Waals surface area contributed by atoms with Gasteiger partial charge in [0.15, 0.2) is 0 Å². The van der Waals surface area contributed by atoms with Crippen molar-refractivity contribution in [3.8, 4) is 0 Å². The van der Waals surface area contributed by atoms with E-state index in [0.717, 1.165) is 42.2 Å². The molecule has 2 fully saturated rings. The van der Waals surface area contributed by atoms with Gasteiger partial charge in [-0.1, -0.05) is 0 Å². The Morgan fingerprint density at radius 3 is 3.09 bits per heavy atom. The molecule has 120 valence electrons. The lowest BCUT2D eigenvalue weighted by molar-refractivity contribution is -0.135. The van der Waals surface area contributed by atoms with Gasteiger partial charge in [-0.2, -0.15) is 0 Å². The fourth-order valence-electron chi connectivity index (χ4n) is 3.16. The monoisotopic (exact) mass is 339 g/mol. The lowest BCUT2D eigenvalue weighted by atomic mass is 10.0. The van der Waals surface area contributed by atoms with Crippen molar-refractivity contribution in [2.24, 2.45) is 0 Å². The van der Waals surface area contributed by atoms with Crippen molar-refractivity contribution in [2.75, 3.05) is 39.0 Å². The summed E-state index contributed by atoms with van der Waals surface area (Å²) in [6, 6.07) is 2.18. The molecule has 0 bridgehead atoms. The molecule has 1 atom stereocenters. The number of piperidine rings is 1. The molecular weight excluding hydrogens is 318 g/mol. The number of hydrogen-bond donors (Lipinski definition) is 1. The molecule has 1 N–H and O–H groups in total. The third-order valence-corrected chi connectivity index (χ3v) is 6.11. The molecule has 0 saturated carbocycles. The van der Waals surface area contributed by atoms with Crippen LogP contribution in [-0.2, 0) is 4.79 Å². The highest BCUT2D eigenvalue weighted by Gasteiger charge is 2.32. The Morgan fingerprint density at radius 2 is 2.32 bits per heavy atom. The first-order valence-corrected chi connectivity index (χ1v) is 9.72. The second-order valence-corrected chi connectivity index (χ2v) is 7.39. The normalized spacial score (nSPS) is 23.0. The van der Waals surface area contributed by atoms with Crippen LogP contribution in [0.2, 0.25) is 0 Å². The molecule has 5 nitrogen and oxygen atoms in total. The maximum absolute atomic E-state index is 12.8. The highest BCUT2D eigenvalue weighted by Crippen LogP contribution is 2.28. The van der Waals surface area contributed by atoms with Crippen LogP contribution in [0.3, 0.4) is 0 Å². The molecule has 3 rings (SSSR count). The molecule has 2 saturated heterocycles. The third-order valence-electron chi connectivity index (χ3n) is 4.29. The van der Waals surface area contributed by atoms with Crippen molar-refractivity contribution in [1.82, 2.24) is 15.1 Å². The van der Waals surface area contributed by atoms with E-state index >= 15 is 0 Å². The summed E-state index contributed by atoms with van der Waals surface area (Å²) in [6.07, 6.45) is 3.96. The molecule has 2 amide bonds. The average Bonchev–Trinajstić information content (AvgIpc) is 3.03. The zero-order chi connectivity index (χ0) is 15.5. The van der Waals surface area contributed by atoms with E-state index in [4.69, 9.17) is 0 Å². The van der Waals surface area contributed by atoms with E-state index in [1.165, 1.54) is 11.3 Å². The minimum atomic E-state index is 0.117. The van der Waals surface area contributed by atoms with Gasteiger partial charge < -0.3 is 15.1 Å². The van der Waals surface area contributed by atoms with Crippen LogP contribution in [0.15, 0.2) is 16.3 Å². The fourth-order valence-corrected chi connectivity index (χ4v) is 4.87. The first-order chi connectivity index (χ1) is 10.7. The van der Waals surface area contributed by atoms with E-state index in [0.29, 0.717) is 13.1 Å². The Morgan fingerprint density at radius 1 is 1.45 bits per heavy atom. The first kappa shape index (κ1) is 15.8. The minimum Gasteiger partial charge on any atom is -0.336 e. The van der Waals surface area contributed by atoms with E-state index < -0.39 is 0 Å². The molecule has 1 aromatic rings. The zero-order valence-electron chi connectivity index (χ0n) is 12.7. The molecule has 2 aliphatic rings. The predicted molar refractivity (Wildman–Crippen MR) is 89.6 cm³/mol. The number of piperazine rings is 1. The molecular formula is C15H21N3O2S2. The van der Waals surface area contributed by atoms with Crippen LogP contribution < -0.4 is 5.32 Å². The van der Waals surface area contributed by atoms with Crippen LogP contribution in [0.4, 0.5) is 0 Å². The number of nitrogens with zero attached hydrogens (tertiary/aromatic N) is 2. The van der Waals surface area contributed by atoms with E-state index in [-0.39, 0.29) is 17.9 Å². The average molecular weight is 339 g/mol. The summed E-state index contributed by atoms with van der Waals surface area (Å²) in [5.41, 5.74) is 0. The molecule has 0 aliphatic carbocycles. The number of carbonyl (C=O) groups is 2. The Labute approximate surface area is 139 Å². The summed E-state index contributed by atoms with van der Waals surface area (Å²) in [5.74, 6) is 0.276. The molecule has 1 aromatic heterocycles. The van der Waals surface area contributed by atoms with Crippen molar-refractivity contribution in [1.29, 1.82) is 0 Å². The molecule has 0 radical (unpaired) electrons. The Hall–Kier alpha value is -1.05. The Kier molecular flexibility index (Phi) is 5.05. The molecule has 2 aliphatic heterocycles. The number of likely N-dealkylation sites (tertiary alicyclic amines) is 1. The molecule has 0 aromatic carbocycles. The van der Waals surface area contributed by atoms with Gasteiger partial charge in [-0.3, -0.25) is 9.59 Å². The molecule has 22 heavy (non-hydrogen) atoms. The highest BCUT2D eigenvalue weighted by atomic mass is 32.2. The zero-order valence-corrected chi connectivity index (χ0v) is 14.3. The second-order valence-electron chi connectivity index (χ2n) is 5.63. The smallest absolute Gasteiger partial charge is 0.265 e. The Balaban J connectivity index is 1.70. The summed E-state index contributed by atoms with van der Waals surface area (Å²) in [6.45, 7) is 3.47. The first-order valence-electron chi connectivity index (χ1n) is 7.61. The number of rotatable bonds is 3. The van der Waals surface area contributed by atoms with Gasteiger partial charge in [-0.15, -0.1) is 23.1 Å². The summed E-state index contributed by atoms with van der Waals surface area (Å²) in [5, 5.41) is 5.07. The minimum absolute atomic E-state index is 0.117. The lowest BCUT2D eigenvalue weighted by Gasteiger charge is -2.41. The SMILES string of the molecule is CSc1ccsc1C(=O)N1CCCC(N2CCNCC2=O)C1. The number of thiophene rings is 1. The summed E-state index contributed by atoms with van der Waals surface area (Å²) in [4.78, 5) is 30.6. The molecule has 0 spiro atoms. The van der Waals surface area contributed by atoms with Crippen molar-refractivity contribution in [2.45, 2.75) is 23.8 Å². The van der Waals surface area contributed by atoms with Gasteiger partial charge in [0.05, 0.1) is 6.54 Å². The van der Waals surface area contributed by atoms with Gasteiger partial charge in [0, 0.05) is 37.1 Å². The van der Waals surface area contributed by atoms with Gasteiger partial charge >= 0.3 is 0 Å². The maximum Gasteiger partial charge on any atom is 0.265 e. The van der Waals surface area contributed by atoms with Gasteiger partial charge in [0.25, 0.3) is 5.91 Å². The highest BCUT2D eigenvalue weighted by molar-refractivity contribution is 7.98. The quantitative estimate of drug-likeness (QED) is 0.848. The molecule has 1 unspecified atom stereocenters. The van der Waals surface area contributed by atoms with Crippen LogP contribution in [-0.4, -0.2) is 66.6 Å². The number of amides is 2. The van der Waals surface area contributed by atoms with E-state index in [1.54, 1.807) is 11.8 Å². The number of thioether (sulfide) groups is 1. The van der Waals surface area contributed by atoms with Crippen molar-refractivity contribution in [3.05, 3.63) is 16.3 Å². The van der Waals surface area contributed by atoms with Crippen molar-refractivity contribution in [3.63, 3.8) is 0 Å². The number of carbonyl (C=O) groups excluding carboxylic acids is 2. The van der Waals surface area contributed by atoms with E-state index in [1.807, 2.05) is 27.5 Å². The van der Waals surface area contributed by atoms with E-state index in [2.05, 4.69) is 5.32 Å².